The third-order valence-electron chi connectivity index (χ3n) is 7.08. The first-order valence-electron chi connectivity index (χ1n) is 13.4. The second-order valence-electron chi connectivity index (χ2n) is 10.2. The normalized spacial score (nSPS) is 14.3. The van der Waals surface area contributed by atoms with Crippen molar-refractivity contribution in [3.8, 4) is 5.75 Å². The van der Waals surface area contributed by atoms with E-state index in [0.29, 0.717) is 34.5 Å². The number of phenolic OH excluding ortho intramolecular Hbond substituents is 1. The molecule has 0 radical (unpaired) electrons. The van der Waals surface area contributed by atoms with Gasteiger partial charge in [-0.3, -0.25) is 14.3 Å². The molecule has 1 fully saturated rings. The highest BCUT2D eigenvalue weighted by Gasteiger charge is 2.28. The van der Waals surface area contributed by atoms with Gasteiger partial charge in [0, 0.05) is 63.4 Å². The largest absolute Gasteiger partial charge is 0.508 e. The number of phenols is 1. The van der Waals surface area contributed by atoms with Crippen molar-refractivity contribution >= 4 is 45.9 Å². The Morgan fingerprint density at radius 2 is 1.93 bits per heavy atom. The molecule has 1 unspecified atom stereocenters. The highest BCUT2D eigenvalue weighted by molar-refractivity contribution is 7.17. The summed E-state index contributed by atoms with van der Waals surface area (Å²) in [6, 6.07) is 13.7. The van der Waals surface area contributed by atoms with Gasteiger partial charge in [-0.15, -0.1) is 0 Å². The van der Waals surface area contributed by atoms with E-state index < -0.39 is 0 Å². The smallest absolute Gasteiger partial charge is 0.227 e. The number of nitrogens with one attached hydrogen (secondary N) is 2. The zero-order valence-electron chi connectivity index (χ0n) is 24.1. The van der Waals surface area contributed by atoms with Crippen LogP contribution in [0, 0.1) is 13.8 Å². The SMILES string of the molecule is CN(C)c1ccc(CC(=O)N2CCC(n3ccc(Nc4ncc(C=O)s4)n3)C2)cc1.CNc1c(C)ccc(O)c1C. The topological polar surface area (TPSA) is 116 Å². The number of aromatic nitrogens is 3. The van der Waals surface area contributed by atoms with Crippen LogP contribution in [-0.4, -0.2) is 71.2 Å². The zero-order chi connectivity index (χ0) is 29.5. The first-order chi connectivity index (χ1) is 19.7. The second kappa shape index (κ2) is 13.3. The lowest BCUT2D eigenvalue weighted by Crippen LogP contribution is -2.30. The fourth-order valence-electron chi connectivity index (χ4n) is 4.72. The minimum Gasteiger partial charge on any atom is -0.508 e. The number of amides is 1. The summed E-state index contributed by atoms with van der Waals surface area (Å²) in [4.78, 5) is 32.2. The summed E-state index contributed by atoms with van der Waals surface area (Å²) in [5.41, 5.74) is 5.23. The average molecular weight is 576 g/mol. The molecule has 0 bridgehead atoms. The van der Waals surface area contributed by atoms with Crippen LogP contribution < -0.4 is 15.5 Å². The Bertz CT molecular complexity index is 1480. The Balaban J connectivity index is 0.000000296. The molecule has 1 atom stereocenters. The molecule has 1 aliphatic heterocycles. The Morgan fingerprint density at radius 1 is 1.17 bits per heavy atom. The number of benzene rings is 2. The molecule has 0 saturated carbocycles. The van der Waals surface area contributed by atoms with Gasteiger partial charge < -0.3 is 25.5 Å². The van der Waals surface area contributed by atoms with Crippen LogP contribution in [0.3, 0.4) is 0 Å². The van der Waals surface area contributed by atoms with E-state index in [1.165, 1.54) is 17.5 Å². The molecule has 11 heteroatoms. The van der Waals surface area contributed by atoms with E-state index in [-0.39, 0.29) is 11.9 Å². The summed E-state index contributed by atoms with van der Waals surface area (Å²) < 4.78 is 1.90. The monoisotopic (exact) mass is 575 g/mol. The minimum absolute atomic E-state index is 0.143. The van der Waals surface area contributed by atoms with Crippen LogP contribution in [0.4, 0.5) is 22.3 Å². The lowest BCUT2D eigenvalue weighted by atomic mass is 10.1. The van der Waals surface area contributed by atoms with Gasteiger partial charge in [-0.25, -0.2) is 4.98 Å². The van der Waals surface area contributed by atoms with E-state index in [1.807, 2.05) is 92.1 Å². The molecular weight excluding hydrogens is 538 g/mol. The van der Waals surface area contributed by atoms with Crippen molar-refractivity contribution in [1.82, 2.24) is 19.7 Å². The Kier molecular flexibility index (Phi) is 9.61. The van der Waals surface area contributed by atoms with Crippen LogP contribution in [0.25, 0.3) is 0 Å². The number of aldehydes is 1. The van der Waals surface area contributed by atoms with Gasteiger partial charge in [-0.1, -0.05) is 29.5 Å². The zero-order valence-corrected chi connectivity index (χ0v) is 24.9. The average Bonchev–Trinajstić information content (AvgIpc) is 3.73. The third kappa shape index (κ3) is 7.43. The highest BCUT2D eigenvalue weighted by Crippen LogP contribution is 2.27. The first-order valence-corrected chi connectivity index (χ1v) is 14.2. The molecule has 5 rings (SSSR count). The van der Waals surface area contributed by atoms with Crippen molar-refractivity contribution in [2.45, 2.75) is 32.7 Å². The summed E-state index contributed by atoms with van der Waals surface area (Å²) >= 11 is 1.28. The van der Waals surface area contributed by atoms with Crippen molar-refractivity contribution in [3.05, 3.63) is 76.4 Å². The molecule has 41 heavy (non-hydrogen) atoms. The molecule has 3 heterocycles. The number of hydrogen-bond donors (Lipinski definition) is 3. The van der Waals surface area contributed by atoms with E-state index in [4.69, 9.17) is 0 Å². The van der Waals surface area contributed by atoms with Gasteiger partial charge in [0.1, 0.15) is 5.75 Å². The van der Waals surface area contributed by atoms with Gasteiger partial charge in [0.25, 0.3) is 0 Å². The van der Waals surface area contributed by atoms with Gasteiger partial charge in [-0.2, -0.15) is 5.10 Å². The molecule has 4 aromatic rings. The predicted octanol–water partition coefficient (Wildman–Crippen LogP) is 5.03. The molecular formula is C30H37N7O3S. The molecule has 2 aromatic carbocycles. The number of aromatic hydroxyl groups is 1. The highest BCUT2D eigenvalue weighted by atomic mass is 32.1. The molecule has 216 valence electrons. The summed E-state index contributed by atoms with van der Waals surface area (Å²) in [5, 5.41) is 20.7. The van der Waals surface area contributed by atoms with Crippen LogP contribution in [-0.2, 0) is 11.2 Å². The Labute approximate surface area is 244 Å². The predicted molar refractivity (Wildman–Crippen MR) is 165 cm³/mol. The molecule has 10 nitrogen and oxygen atoms in total. The number of hydrogen-bond acceptors (Lipinski definition) is 9. The van der Waals surface area contributed by atoms with Crippen molar-refractivity contribution in [1.29, 1.82) is 0 Å². The van der Waals surface area contributed by atoms with Crippen molar-refractivity contribution in [2.24, 2.45) is 0 Å². The maximum absolute atomic E-state index is 12.7. The van der Waals surface area contributed by atoms with Crippen LogP contribution in [0.5, 0.6) is 5.75 Å². The lowest BCUT2D eigenvalue weighted by Gasteiger charge is -2.17. The van der Waals surface area contributed by atoms with Crippen LogP contribution in [0.2, 0.25) is 0 Å². The molecule has 0 aliphatic carbocycles. The van der Waals surface area contributed by atoms with Crippen molar-refractivity contribution < 1.29 is 14.7 Å². The Morgan fingerprint density at radius 3 is 2.56 bits per heavy atom. The molecule has 3 N–H and O–H groups in total. The van der Waals surface area contributed by atoms with Gasteiger partial charge >= 0.3 is 0 Å². The number of anilines is 4. The van der Waals surface area contributed by atoms with Crippen molar-refractivity contribution in [2.75, 3.05) is 49.8 Å². The van der Waals surface area contributed by atoms with E-state index >= 15 is 0 Å². The second-order valence-corrected chi connectivity index (χ2v) is 11.2. The summed E-state index contributed by atoms with van der Waals surface area (Å²) in [6.07, 6.45) is 5.51. The number of likely N-dealkylation sites (tertiary alicyclic amines) is 1. The summed E-state index contributed by atoms with van der Waals surface area (Å²) in [5.74, 6) is 1.16. The van der Waals surface area contributed by atoms with E-state index in [9.17, 15) is 14.7 Å². The minimum atomic E-state index is 0.143. The molecule has 1 saturated heterocycles. The van der Waals surface area contributed by atoms with Crippen LogP contribution >= 0.6 is 11.3 Å². The summed E-state index contributed by atoms with van der Waals surface area (Å²) in [6.45, 7) is 5.30. The maximum Gasteiger partial charge on any atom is 0.227 e. The quantitative estimate of drug-likeness (QED) is 0.251. The molecule has 0 spiro atoms. The number of carbonyl (C=O) groups excluding carboxylic acids is 2. The van der Waals surface area contributed by atoms with E-state index in [2.05, 4.69) is 20.7 Å². The van der Waals surface area contributed by atoms with Crippen molar-refractivity contribution in [3.63, 3.8) is 0 Å². The van der Waals surface area contributed by atoms with Crippen LogP contribution in [0.1, 0.15) is 38.8 Å². The Hall–Kier alpha value is -4.38. The third-order valence-corrected chi connectivity index (χ3v) is 7.91. The maximum atomic E-state index is 12.7. The molecule has 1 aliphatic rings. The standard InChI is InChI=1S/C21H24N6O2S.C9H13NO/c1-25(2)16-5-3-15(4-6-16)11-20(29)26-9-7-17(13-26)27-10-8-19(24-27)23-21-22-12-18(14-28)30-21;1-6-4-5-8(11)7(2)9(6)10-3/h3-6,8,10,12,14,17H,7,9,11,13H2,1-2H3,(H,22,23,24);4-5,10-11H,1-3H3. The van der Waals surface area contributed by atoms with E-state index in [1.54, 1.807) is 6.07 Å². The van der Waals surface area contributed by atoms with E-state index in [0.717, 1.165) is 47.3 Å². The number of nitrogens with zero attached hydrogens (tertiary/aromatic N) is 5. The molecule has 2 aromatic heterocycles. The van der Waals surface area contributed by atoms with Gasteiger partial charge in [0.05, 0.1) is 23.5 Å². The first kappa shape index (κ1) is 29.6. The number of thiazole rings is 1. The van der Waals surface area contributed by atoms with Crippen LogP contribution in [0.15, 0.2) is 54.9 Å². The lowest BCUT2D eigenvalue weighted by molar-refractivity contribution is -0.129. The number of carbonyl (C=O) groups is 2. The van der Waals surface area contributed by atoms with Gasteiger partial charge in [0.2, 0.25) is 5.91 Å². The number of rotatable bonds is 8. The fourth-order valence-corrected chi connectivity index (χ4v) is 5.36. The van der Waals surface area contributed by atoms with Gasteiger partial charge in [0.15, 0.2) is 17.2 Å². The number of aryl methyl sites for hydroxylation is 1. The molecule has 1 amide bonds. The summed E-state index contributed by atoms with van der Waals surface area (Å²) in [7, 11) is 5.86. The fraction of sp³-hybridized carbons (Fsp3) is 0.333. The van der Waals surface area contributed by atoms with Gasteiger partial charge in [-0.05, 0) is 49.6 Å².